The largest absolute Gasteiger partial charge is 0.513 e. The van der Waals surface area contributed by atoms with Crippen molar-refractivity contribution >= 4 is 12.7 Å². The molecule has 90 valence electrons. The Morgan fingerprint density at radius 1 is 1.31 bits per heavy atom. The molecule has 0 spiro atoms. The second-order valence-electron chi connectivity index (χ2n) is 5.64. The normalized spacial score (nSPS) is 12.9. The lowest BCUT2D eigenvalue weighted by molar-refractivity contribution is -0.0131. The Kier molecular flexibility index (Phi) is 3.50. The summed E-state index contributed by atoms with van der Waals surface area (Å²) in [5, 5.41) is 14.1. The number of hydrogen-bond donors (Lipinski definition) is 1. The number of aromatic nitrogens is 2. The van der Waals surface area contributed by atoms with Crippen LogP contribution in [0.2, 0.25) is 0 Å². The van der Waals surface area contributed by atoms with E-state index in [9.17, 15) is 5.02 Å². The molecule has 0 saturated carbocycles. The molecular weight excluding hydrogens is 203 g/mol. The molecule has 1 aromatic heterocycles. The van der Waals surface area contributed by atoms with E-state index in [1.165, 1.54) is 0 Å². The van der Waals surface area contributed by atoms with Gasteiger partial charge in [0.2, 0.25) is 0 Å². The van der Waals surface area contributed by atoms with Gasteiger partial charge in [-0.15, -0.1) is 0 Å². The van der Waals surface area contributed by atoms with Gasteiger partial charge in [-0.05, 0) is 25.3 Å². The predicted octanol–water partition coefficient (Wildman–Crippen LogP) is 0.949. The molecule has 0 atom stereocenters. The van der Waals surface area contributed by atoms with Crippen LogP contribution >= 0.6 is 0 Å². The third kappa shape index (κ3) is 2.86. The number of aryl methyl sites for hydroxylation is 1. The van der Waals surface area contributed by atoms with E-state index in [-0.39, 0.29) is 5.41 Å². The SMILES string of the molecule is Cn1ccc(B(O)OC(C)(C)C(C)(C)C)n1. The summed E-state index contributed by atoms with van der Waals surface area (Å²) in [7, 11) is 0.834. The van der Waals surface area contributed by atoms with Crippen LogP contribution in [0.5, 0.6) is 0 Å². The van der Waals surface area contributed by atoms with E-state index >= 15 is 0 Å². The Bertz CT molecular complexity index is 355. The number of nitrogens with zero attached hydrogens (tertiary/aromatic N) is 2. The van der Waals surface area contributed by atoms with Crippen molar-refractivity contribution in [1.29, 1.82) is 0 Å². The molecule has 0 radical (unpaired) electrons. The first kappa shape index (κ1) is 13.3. The summed E-state index contributed by atoms with van der Waals surface area (Å²) >= 11 is 0. The Balaban J connectivity index is 2.75. The summed E-state index contributed by atoms with van der Waals surface area (Å²) in [6.07, 6.45) is 1.78. The molecule has 0 aliphatic heterocycles. The van der Waals surface area contributed by atoms with Gasteiger partial charge in [0, 0.05) is 13.2 Å². The highest BCUT2D eigenvalue weighted by molar-refractivity contribution is 6.59. The Morgan fingerprint density at radius 3 is 2.25 bits per heavy atom. The average molecular weight is 224 g/mol. The fourth-order valence-electron chi connectivity index (χ4n) is 1.08. The lowest BCUT2D eigenvalue weighted by Crippen LogP contribution is -2.48. The second kappa shape index (κ2) is 4.22. The van der Waals surface area contributed by atoms with Crippen LogP contribution in [0.4, 0.5) is 0 Å². The highest BCUT2D eigenvalue weighted by Gasteiger charge is 2.38. The van der Waals surface area contributed by atoms with E-state index in [1.807, 2.05) is 20.9 Å². The molecule has 1 N–H and O–H groups in total. The Morgan fingerprint density at radius 2 is 1.88 bits per heavy atom. The van der Waals surface area contributed by atoms with Gasteiger partial charge in [-0.25, -0.2) is 0 Å². The molecule has 0 amide bonds. The maximum atomic E-state index is 9.93. The first-order valence-electron chi connectivity index (χ1n) is 5.49. The Hall–Kier alpha value is -0.805. The minimum Gasteiger partial charge on any atom is -0.422 e. The van der Waals surface area contributed by atoms with Crippen molar-refractivity contribution in [2.24, 2.45) is 12.5 Å². The van der Waals surface area contributed by atoms with E-state index < -0.39 is 12.7 Å². The van der Waals surface area contributed by atoms with Crippen LogP contribution in [0.1, 0.15) is 34.6 Å². The second-order valence-corrected chi connectivity index (χ2v) is 5.64. The first-order valence-corrected chi connectivity index (χ1v) is 5.49. The van der Waals surface area contributed by atoms with E-state index in [2.05, 4.69) is 25.9 Å². The molecule has 4 nitrogen and oxygen atoms in total. The third-order valence-electron chi connectivity index (χ3n) is 3.20. The zero-order valence-electron chi connectivity index (χ0n) is 11.0. The van der Waals surface area contributed by atoms with Crippen LogP contribution in [-0.4, -0.2) is 27.5 Å². The van der Waals surface area contributed by atoms with Crippen LogP contribution < -0.4 is 5.59 Å². The minimum absolute atomic E-state index is 0.0528. The van der Waals surface area contributed by atoms with Crippen molar-refractivity contribution in [2.45, 2.75) is 40.2 Å². The number of rotatable bonds is 3. The average Bonchev–Trinajstić information content (AvgIpc) is 2.48. The standard InChI is InChI=1S/C11H21BN2O2/c1-10(2,3)11(4,5)16-12(15)9-7-8-14(6)13-9/h7-8,15H,1-6H3. The van der Waals surface area contributed by atoms with Crippen LogP contribution in [0.25, 0.3) is 0 Å². The minimum atomic E-state index is -0.976. The molecule has 0 unspecified atom stereocenters. The quantitative estimate of drug-likeness (QED) is 0.777. The van der Waals surface area contributed by atoms with E-state index in [0.717, 1.165) is 0 Å². The summed E-state index contributed by atoms with van der Waals surface area (Å²) in [6.45, 7) is 10.2. The van der Waals surface area contributed by atoms with Crippen LogP contribution in [0.3, 0.4) is 0 Å². The third-order valence-corrected chi connectivity index (χ3v) is 3.20. The highest BCUT2D eigenvalue weighted by Crippen LogP contribution is 2.32. The van der Waals surface area contributed by atoms with E-state index in [1.54, 1.807) is 16.9 Å². The summed E-state index contributed by atoms with van der Waals surface area (Å²) in [6, 6.07) is 1.75. The summed E-state index contributed by atoms with van der Waals surface area (Å²) < 4.78 is 7.33. The topological polar surface area (TPSA) is 47.3 Å². The van der Waals surface area contributed by atoms with Gasteiger partial charge in [0.15, 0.2) is 0 Å². The zero-order chi connectivity index (χ0) is 12.6. The van der Waals surface area contributed by atoms with Gasteiger partial charge >= 0.3 is 7.12 Å². The molecule has 0 aliphatic rings. The molecule has 1 rings (SSSR count). The van der Waals surface area contributed by atoms with Gasteiger partial charge < -0.3 is 9.68 Å². The fourth-order valence-corrected chi connectivity index (χ4v) is 1.08. The van der Waals surface area contributed by atoms with Crippen molar-refractivity contribution in [3.8, 4) is 0 Å². The van der Waals surface area contributed by atoms with Crippen LogP contribution in [0.15, 0.2) is 12.3 Å². The lowest BCUT2D eigenvalue weighted by Gasteiger charge is -2.39. The molecule has 1 heterocycles. The molecule has 1 aromatic rings. The van der Waals surface area contributed by atoms with Crippen molar-refractivity contribution < 1.29 is 9.68 Å². The zero-order valence-corrected chi connectivity index (χ0v) is 11.0. The molecule has 0 bridgehead atoms. The van der Waals surface area contributed by atoms with E-state index in [0.29, 0.717) is 5.59 Å². The summed E-state index contributed by atoms with van der Waals surface area (Å²) in [5.74, 6) is 0. The van der Waals surface area contributed by atoms with Gasteiger partial charge in [0.25, 0.3) is 0 Å². The lowest BCUT2D eigenvalue weighted by atomic mass is 9.75. The van der Waals surface area contributed by atoms with Gasteiger partial charge in [0.1, 0.15) is 0 Å². The molecule has 0 fully saturated rings. The molecule has 0 aliphatic carbocycles. The maximum Gasteiger partial charge on any atom is 0.513 e. The maximum absolute atomic E-state index is 9.93. The Labute approximate surface area is 97.8 Å². The monoisotopic (exact) mass is 224 g/mol. The smallest absolute Gasteiger partial charge is 0.422 e. The molecule has 0 saturated heterocycles. The molecule has 5 heteroatoms. The van der Waals surface area contributed by atoms with E-state index in [4.69, 9.17) is 4.65 Å². The van der Waals surface area contributed by atoms with Gasteiger partial charge in [-0.3, -0.25) is 4.68 Å². The highest BCUT2D eigenvalue weighted by atomic mass is 16.5. The number of hydrogen-bond acceptors (Lipinski definition) is 3. The molecule has 16 heavy (non-hydrogen) atoms. The van der Waals surface area contributed by atoms with Gasteiger partial charge in [0.05, 0.1) is 11.2 Å². The predicted molar refractivity (Wildman–Crippen MR) is 65.4 cm³/mol. The van der Waals surface area contributed by atoms with Crippen molar-refractivity contribution in [3.63, 3.8) is 0 Å². The van der Waals surface area contributed by atoms with Crippen molar-refractivity contribution in [2.75, 3.05) is 0 Å². The van der Waals surface area contributed by atoms with Crippen molar-refractivity contribution in [1.82, 2.24) is 9.78 Å². The van der Waals surface area contributed by atoms with Gasteiger partial charge in [-0.2, -0.15) is 5.10 Å². The van der Waals surface area contributed by atoms with Crippen LogP contribution in [0, 0.1) is 5.41 Å². The first-order chi connectivity index (χ1) is 7.13. The van der Waals surface area contributed by atoms with Gasteiger partial charge in [-0.1, -0.05) is 20.8 Å². The van der Waals surface area contributed by atoms with Crippen molar-refractivity contribution in [3.05, 3.63) is 12.3 Å². The van der Waals surface area contributed by atoms with Crippen LogP contribution in [-0.2, 0) is 11.7 Å². The molecule has 0 aromatic carbocycles. The summed E-state index contributed by atoms with van der Waals surface area (Å²) in [4.78, 5) is 0. The fraction of sp³-hybridized carbons (Fsp3) is 0.727. The molecular formula is C11H21BN2O2. The summed E-state index contributed by atoms with van der Waals surface area (Å²) in [5.41, 5.74) is 0.0620.